The Bertz CT molecular complexity index is 793. The summed E-state index contributed by atoms with van der Waals surface area (Å²) in [5.74, 6) is -0.204. The van der Waals surface area contributed by atoms with Crippen molar-refractivity contribution in [2.24, 2.45) is 0 Å². The van der Waals surface area contributed by atoms with Crippen molar-refractivity contribution >= 4 is 24.0 Å². The second-order valence-corrected chi connectivity index (χ2v) is 7.64. The molecule has 1 amide bonds. The molecular formula is C23H30ClN3O3. The van der Waals surface area contributed by atoms with Crippen molar-refractivity contribution in [1.82, 2.24) is 10.2 Å². The average Bonchev–Trinajstić information content (AvgIpc) is 2.77. The van der Waals surface area contributed by atoms with Gasteiger partial charge in [-0.15, -0.1) is 12.4 Å². The monoisotopic (exact) mass is 431 g/mol. The van der Waals surface area contributed by atoms with Gasteiger partial charge >= 0.3 is 0 Å². The molecule has 0 saturated carbocycles. The van der Waals surface area contributed by atoms with E-state index in [1.54, 1.807) is 0 Å². The molecule has 2 aromatic carbocycles. The first-order valence-electron chi connectivity index (χ1n) is 10.5. The van der Waals surface area contributed by atoms with Crippen molar-refractivity contribution in [2.75, 3.05) is 19.6 Å². The van der Waals surface area contributed by atoms with Gasteiger partial charge in [0.25, 0.3) is 11.6 Å². The highest BCUT2D eigenvalue weighted by molar-refractivity contribution is 5.94. The Morgan fingerprint density at radius 1 is 1.00 bits per heavy atom. The quantitative estimate of drug-likeness (QED) is 0.338. The molecule has 6 nitrogen and oxygen atoms in total. The lowest BCUT2D eigenvalue weighted by molar-refractivity contribution is -0.384. The SMILES string of the molecule is Cl.O=C(NC(CCCCN1CCCCC1)c1ccccc1)c1ccc([N+](=O)[O-])cc1. The topological polar surface area (TPSA) is 75.5 Å². The van der Waals surface area contributed by atoms with Crippen molar-refractivity contribution in [1.29, 1.82) is 0 Å². The predicted molar refractivity (Wildman–Crippen MR) is 121 cm³/mol. The fourth-order valence-electron chi connectivity index (χ4n) is 3.85. The first-order chi connectivity index (χ1) is 14.1. The second kappa shape index (κ2) is 12.3. The third kappa shape index (κ3) is 7.11. The summed E-state index contributed by atoms with van der Waals surface area (Å²) < 4.78 is 0. The van der Waals surface area contributed by atoms with Gasteiger partial charge in [-0.1, -0.05) is 36.8 Å². The molecule has 30 heavy (non-hydrogen) atoms. The molecule has 0 aliphatic carbocycles. The van der Waals surface area contributed by atoms with E-state index in [9.17, 15) is 14.9 Å². The molecule has 162 valence electrons. The second-order valence-electron chi connectivity index (χ2n) is 7.64. The number of hydrogen-bond acceptors (Lipinski definition) is 4. The molecule has 1 atom stereocenters. The number of amides is 1. The Labute approximate surface area is 184 Å². The number of nitrogens with one attached hydrogen (secondary N) is 1. The summed E-state index contributed by atoms with van der Waals surface area (Å²) in [4.78, 5) is 25.6. The molecule has 0 bridgehead atoms. The van der Waals surface area contributed by atoms with Crippen molar-refractivity contribution < 1.29 is 9.72 Å². The van der Waals surface area contributed by atoms with Crippen molar-refractivity contribution in [3.63, 3.8) is 0 Å². The number of carbonyl (C=O) groups excluding carboxylic acids is 1. The van der Waals surface area contributed by atoms with Gasteiger partial charge in [0.1, 0.15) is 0 Å². The molecule has 7 heteroatoms. The number of benzene rings is 2. The van der Waals surface area contributed by atoms with E-state index in [4.69, 9.17) is 0 Å². The number of rotatable bonds is 9. The molecule has 0 aromatic heterocycles. The molecule has 1 heterocycles. The molecule has 2 aromatic rings. The molecule has 0 spiro atoms. The maximum Gasteiger partial charge on any atom is 0.269 e. The van der Waals surface area contributed by atoms with Crippen LogP contribution in [0.15, 0.2) is 54.6 Å². The summed E-state index contributed by atoms with van der Waals surface area (Å²) in [7, 11) is 0. The Balaban J connectivity index is 0.00000320. The minimum absolute atomic E-state index is 0. The number of carbonyl (C=O) groups is 1. The highest BCUT2D eigenvalue weighted by Gasteiger charge is 2.17. The minimum Gasteiger partial charge on any atom is -0.345 e. The number of halogens is 1. The molecule has 3 rings (SSSR count). The molecule has 1 fully saturated rings. The van der Waals surface area contributed by atoms with Crippen LogP contribution < -0.4 is 5.32 Å². The number of nitrogens with zero attached hydrogens (tertiary/aromatic N) is 2. The van der Waals surface area contributed by atoms with E-state index < -0.39 is 4.92 Å². The zero-order valence-corrected chi connectivity index (χ0v) is 18.0. The summed E-state index contributed by atoms with van der Waals surface area (Å²) in [6.07, 6.45) is 6.99. The maximum absolute atomic E-state index is 12.7. The third-order valence-corrected chi connectivity index (χ3v) is 5.51. The number of nitro groups is 1. The van der Waals surface area contributed by atoms with Crippen LogP contribution in [0.1, 0.15) is 60.5 Å². The number of hydrogen-bond donors (Lipinski definition) is 1. The van der Waals surface area contributed by atoms with E-state index in [2.05, 4.69) is 10.2 Å². The van der Waals surface area contributed by atoms with Crippen LogP contribution in [0.2, 0.25) is 0 Å². The molecule has 1 saturated heterocycles. The molecule has 1 unspecified atom stereocenters. The molecule has 0 radical (unpaired) electrons. The van der Waals surface area contributed by atoms with E-state index in [1.807, 2.05) is 30.3 Å². The predicted octanol–water partition coefficient (Wildman–Crippen LogP) is 5.14. The normalized spacial score (nSPS) is 15.1. The highest BCUT2D eigenvalue weighted by Crippen LogP contribution is 2.21. The van der Waals surface area contributed by atoms with Crippen molar-refractivity contribution in [3.05, 3.63) is 75.8 Å². The molecular weight excluding hydrogens is 402 g/mol. The van der Waals surface area contributed by atoms with Crippen LogP contribution in [0, 0.1) is 10.1 Å². The lowest BCUT2D eigenvalue weighted by atomic mass is 10.00. The van der Waals surface area contributed by atoms with Gasteiger partial charge < -0.3 is 10.2 Å². The van der Waals surface area contributed by atoms with Crippen LogP contribution >= 0.6 is 12.4 Å². The smallest absolute Gasteiger partial charge is 0.269 e. The summed E-state index contributed by atoms with van der Waals surface area (Å²) in [5, 5.41) is 13.9. The van der Waals surface area contributed by atoms with Crippen LogP contribution in [-0.4, -0.2) is 35.4 Å². The lowest BCUT2D eigenvalue weighted by Gasteiger charge is -2.26. The zero-order chi connectivity index (χ0) is 20.5. The third-order valence-electron chi connectivity index (χ3n) is 5.51. The van der Waals surface area contributed by atoms with Crippen LogP contribution in [0.5, 0.6) is 0 Å². The first-order valence-corrected chi connectivity index (χ1v) is 10.5. The fourth-order valence-corrected chi connectivity index (χ4v) is 3.85. The van der Waals surface area contributed by atoms with Gasteiger partial charge in [0, 0.05) is 17.7 Å². The number of likely N-dealkylation sites (tertiary alicyclic amines) is 1. The largest absolute Gasteiger partial charge is 0.345 e. The van der Waals surface area contributed by atoms with Crippen LogP contribution in [0.4, 0.5) is 5.69 Å². The van der Waals surface area contributed by atoms with Crippen molar-refractivity contribution in [2.45, 2.75) is 44.6 Å². The Hall–Kier alpha value is -2.44. The van der Waals surface area contributed by atoms with Crippen molar-refractivity contribution in [3.8, 4) is 0 Å². The Morgan fingerprint density at radius 2 is 1.67 bits per heavy atom. The molecule has 1 aliphatic rings. The number of piperidine rings is 1. The fraction of sp³-hybridized carbons (Fsp3) is 0.435. The molecule has 1 aliphatic heterocycles. The summed E-state index contributed by atoms with van der Waals surface area (Å²) in [6, 6.07) is 15.7. The van der Waals surface area contributed by atoms with Gasteiger partial charge in [0.2, 0.25) is 0 Å². The maximum atomic E-state index is 12.7. The zero-order valence-electron chi connectivity index (χ0n) is 17.2. The van der Waals surface area contributed by atoms with Gasteiger partial charge in [-0.25, -0.2) is 0 Å². The van der Waals surface area contributed by atoms with Crippen LogP contribution in [0.25, 0.3) is 0 Å². The summed E-state index contributed by atoms with van der Waals surface area (Å²) >= 11 is 0. The van der Waals surface area contributed by atoms with Crippen LogP contribution in [-0.2, 0) is 0 Å². The van der Waals surface area contributed by atoms with Gasteiger partial charge in [-0.2, -0.15) is 0 Å². The van der Waals surface area contributed by atoms with Gasteiger partial charge in [0.05, 0.1) is 11.0 Å². The standard InChI is InChI=1S/C23H29N3O3.ClH/c27-23(20-12-14-21(15-13-20)26(28)29)24-22(19-9-3-1-4-10-19)11-5-8-18-25-16-6-2-7-17-25;/h1,3-4,9-10,12-15,22H,2,5-8,11,16-18H2,(H,24,27);1H. The van der Waals surface area contributed by atoms with Crippen LogP contribution in [0.3, 0.4) is 0 Å². The van der Waals surface area contributed by atoms with Gasteiger partial charge in [-0.05, 0) is 69.4 Å². The van der Waals surface area contributed by atoms with E-state index in [1.165, 1.54) is 56.6 Å². The van der Waals surface area contributed by atoms with Gasteiger partial charge in [-0.3, -0.25) is 14.9 Å². The lowest BCUT2D eigenvalue weighted by Crippen LogP contribution is -2.31. The Kier molecular flexibility index (Phi) is 9.77. The first kappa shape index (κ1) is 23.8. The van der Waals surface area contributed by atoms with E-state index in [-0.39, 0.29) is 30.0 Å². The molecule has 1 N–H and O–H groups in total. The van der Waals surface area contributed by atoms with Gasteiger partial charge in [0.15, 0.2) is 0 Å². The highest BCUT2D eigenvalue weighted by atomic mass is 35.5. The number of nitro benzene ring substituents is 1. The van der Waals surface area contributed by atoms with E-state index in [0.29, 0.717) is 5.56 Å². The summed E-state index contributed by atoms with van der Waals surface area (Å²) in [5.41, 5.74) is 1.50. The Morgan fingerprint density at radius 3 is 2.30 bits per heavy atom. The van der Waals surface area contributed by atoms with E-state index in [0.717, 1.165) is 31.4 Å². The average molecular weight is 432 g/mol. The number of non-ortho nitro benzene ring substituents is 1. The minimum atomic E-state index is -0.462. The summed E-state index contributed by atoms with van der Waals surface area (Å²) in [6.45, 7) is 3.54. The number of unbranched alkanes of at least 4 members (excludes halogenated alkanes) is 1. The van der Waals surface area contributed by atoms with E-state index >= 15 is 0 Å².